The molecule has 0 aromatic carbocycles. The van der Waals surface area contributed by atoms with Crippen LogP contribution in [0.5, 0.6) is 0 Å². The minimum atomic E-state index is -0.510. The van der Waals surface area contributed by atoms with Gasteiger partial charge in [0.25, 0.3) is 0 Å². The fourth-order valence-electron chi connectivity index (χ4n) is 3.15. The number of allylic oxidation sites excluding steroid dienone is 13. The van der Waals surface area contributed by atoms with E-state index in [0.29, 0.717) is 32.2 Å². The van der Waals surface area contributed by atoms with Crippen molar-refractivity contribution in [3.05, 3.63) is 85.1 Å². The second kappa shape index (κ2) is 25.9. The van der Waals surface area contributed by atoms with Crippen molar-refractivity contribution >= 4 is 17.6 Å². The van der Waals surface area contributed by atoms with Crippen LogP contribution >= 0.6 is 0 Å². The Labute approximate surface area is 225 Å². The lowest BCUT2D eigenvalue weighted by atomic mass is 10.1. The molecule has 0 saturated heterocycles. The highest BCUT2D eigenvalue weighted by atomic mass is 16.2. The lowest BCUT2D eigenvalue weighted by Gasteiger charge is -2.12. The van der Waals surface area contributed by atoms with Crippen LogP contribution in [0.3, 0.4) is 0 Å². The van der Waals surface area contributed by atoms with E-state index in [0.717, 1.165) is 38.5 Å². The first kappa shape index (κ1) is 33.8. The van der Waals surface area contributed by atoms with Gasteiger partial charge < -0.3 is 10.6 Å². The number of nitrogens with one attached hydrogen (secondary N) is 2. The largest absolute Gasteiger partial charge is 0.353 e. The average molecular weight is 509 g/mol. The van der Waals surface area contributed by atoms with Crippen molar-refractivity contribution in [2.45, 2.75) is 91.0 Å². The Morgan fingerprint density at radius 1 is 0.703 bits per heavy atom. The molecule has 0 heterocycles. The van der Waals surface area contributed by atoms with Gasteiger partial charge in [-0.25, -0.2) is 0 Å². The second-order valence-electron chi connectivity index (χ2n) is 8.60. The lowest BCUT2D eigenvalue weighted by Crippen LogP contribution is -2.38. The molecule has 0 aromatic rings. The first-order chi connectivity index (χ1) is 18.0. The van der Waals surface area contributed by atoms with Gasteiger partial charge in [0.05, 0.1) is 6.04 Å². The normalized spacial score (nSPS) is 13.4. The molecule has 0 spiro atoms. The molecule has 5 heteroatoms. The van der Waals surface area contributed by atoms with Gasteiger partial charge in [-0.05, 0) is 71.3 Å². The topological polar surface area (TPSA) is 75.3 Å². The lowest BCUT2D eigenvalue weighted by molar-refractivity contribution is -0.127. The molecule has 204 valence electrons. The molecule has 1 atom stereocenters. The standard InChI is InChI=1S/C32H48N2O3/c1-4-6-7-8-9-10-11-12-13-14-15-16-17-18-19-20-21-22-23-27-32(37)34-29(3)30(35)26-24-28-33-31(36)25-5-2/h5-7,9-10,12-13,15-16,18-19,21-22,25,29H,4,8,11,14,17,20,23-24,26-28H2,1-3H3,(H,33,36)(H,34,37)/b7-6-,10-9-,13-12-,16-15-,19-18-,22-21-,25-5+/t29-/m0/s1. The second-order valence-corrected chi connectivity index (χ2v) is 8.60. The summed E-state index contributed by atoms with van der Waals surface area (Å²) in [7, 11) is 0. The Bertz CT molecular complexity index is 829. The van der Waals surface area contributed by atoms with Crippen molar-refractivity contribution < 1.29 is 14.4 Å². The van der Waals surface area contributed by atoms with Crippen molar-refractivity contribution in [1.29, 1.82) is 0 Å². The van der Waals surface area contributed by atoms with Crippen molar-refractivity contribution in [3.8, 4) is 0 Å². The minimum Gasteiger partial charge on any atom is -0.353 e. The van der Waals surface area contributed by atoms with Gasteiger partial charge in [0.1, 0.15) is 0 Å². The molecule has 0 aliphatic carbocycles. The molecule has 37 heavy (non-hydrogen) atoms. The summed E-state index contributed by atoms with van der Waals surface area (Å²) in [5.74, 6) is -0.310. The highest BCUT2D eigenvalue weighted by Gasteiger charge is 2.14. The number of carbonyl (C=O) groups excluding carboxylic acids is 3. The molecule has 0 bridgehead atoms. The number of amides is 2. The number of Topliss-reactive ketones (excluding diaryl/α,β-unsaturated/α-hetero) is 1. The fraction of sp³-hybridized carbons (Fsp3) is 0.469. The van der Waals surface area contributed by atoms with E-state index in [9.17, 15) is 14.4 Å². The highest BCUT2D eigenvalue weighted by Crippen LogP contribution is 2.00. The van der Waals surface area contributed by atoms with Crippen LogP contribution in [0.2, 0.25) is 0 Å². The third-order valence-electron chi connectivity index (χ3n) is 5.21. The summed E-state index contributed by atoms with van der Waals surface area (Å²) in [4.78, 5) is 35.5. The van der Waals surface area contributed by atoms with Crippen LogP contribution in [0.15, 0.2) is 85.1 Å². The van der Waals surface area contributed by atoms with Crippen LogP contribution in [-0.2, 0) is 14.4 Å². The van der Waals surface area contributed by atoms with E-state index in [-0.39, 0.29) is 17.6 Å². The SMILES string of the molecule is C/C=C/C(=O)NCCCC(=O)[C@H](C)NC(=O)CC/C=C\C/C=C\C/C=C\C/C=C\C/C=C\C/C=C\CC. The van der Waals surface area contributed by atoms with Gasteiger partial charge in [-0.1, -0.05) is 85.9 Å². The zero-order valence-corrected chi connectivity index (χ0v) is 23.2. The summed E-state index contributed by atoms with van der Waals surface area (Å²) in [6.07, 6.45) is 36.6. The predicted molar refractivity (Wildman–Crippen MR) is 157 cm³/mol. The zero-order valence-electron chi connectivity index (χ0n) is 23.2. The van der Waals surface area contributed by atoms with E-state index >= 15 is 0 Å². The smallest absolute Gasteiger partial charge is 0.243 e. The Hall–Kier alpha value is -3.21. The monoisotopic (exact) mass is 508 g/mol. The Kier molecular flexibility index (Phi) is 23.6. The highest BCUT2D eigenvalue weighted by molar-refractivity contribution is 5.89. The van der Waals surface area contributed by atoms with Gasteiger partial charge in [-0.3, -0.25) is 14.4 Å². The molecule has 0 fully saturated rings. The van der Waals surface area contributed by atoms with Gasteiger partial charge in [0, 0.05) is 19.4 Å². The van der Waals surface area contributed by atoms with Crippen molar-refractivity contribution in [1.82, 2.24) is 10.6 Å². The molecule has 0 aromatic heterocycles. The van der Waals surface area contributed by atoms with Crippen LogP contribution in [-0.4, -0.2) is 30.2 Å². The molecule has 5 nitrogen and oxygen atoms in total. The van der Waals surface area contributed by atoms with Crippen LogP contribution < -0.4 is 10.6 Å². The molecule has 0 aliphatic rings. The number of hydrogen-bond donors (Lipinski definition) is 2. The van der Waals surface area contributed by atoms with E-state index in [4.69, 9.17) is 0 Å². The number of rotatable bonds is 21. The van der Waals surface area contributed by atoms with Crippen LogP contribution in [0.4, 0.5) is 0 Å². The summed E-state index contributed by atoms with van der Waals surface area (Å²) in [6, 6.07) is -0.510. The van der Waals surface area contributed by atoms with E-state index in [1.807, 2.05) is 6.08 Å². The van der Waals surface area contributed by atoms with E-state index in [1.165, 1.54) is 6.08 Å². The summed E-state index contributed by atoms with van der Waals surface area (Å²) in [5, 5.41) is 5.46. The van der Waals surface area contributed by atoms with E-state index in [1.54, 1.807) is 19.9 Å². The van der Waals surface area contributed by atoms with Gasteiger partial charge >= 0.3 is 0 Å². The molecular weight excluding hydrogens is 460 g/mol. The van der Waals surface area contributed by atoms with Crippen LogP contribution in [0.25, 0.3) is 0 Å². The fourth-order valence-corrected chi connectivity index (χ4v) is 3.15. The molecule has 0 unspecified atom stereocenters. The Morgan fingerprint density at radius 2 is 1.19 bits per heavy atom. The molecule has 2 N–H and O–H groups in total. The van der Waals surface area contributed by atoms with Crippen molar-refractivity contribution in [3.63, 3.8) is 0 Å². The number of hydrogen-bond acceptors (Lipinski definition) is 3. The summed E-state index contributed by atoms with van der Waals surface area (Å²) in [6.45, 7) is 6.07. The molecule has 0 radical (unpaired) electrons. The maximum Gasteiger partial charge on any atom is 0.243 e. The Morgan fingerprint density at radius 3 is 1.68 bits per heavy atom. The molecular formula is C32H48N2O3. The first-order valence-electron chi connectivity index (χ1n) is 13.6. The summed E-state index contributed by atoms with van der Waals surface area (Å²) >= 11 is 0. The predicted octanol–water partition coefficient (Wildman–Crippen LogP) is 7.01. The van der Waals surface area contributed by atoms with Gasteiger partial charge in [0.15, 0.2) is 5.78 Å². The zero-order chi connectivity index (χ0) is 27.4. The summed E-state index contributed by atoms with van der Waals surface area (Å²) < 4.78 is 0. The molecule has 2 amide bonds. The number of ketones is 1. The van der Waals surface area contributed by atoms with E-state index in [2.05, 4.69) is 84.4 Å². The quantitative estimate of drug-likeness (QED) is 0.0994. The molecule has 0 aliphatic heterocycles. The van der Waals surface area contributed by atoms with Gasteiger partial charge in [0.2, 0.25) is 11.8 Å². The van der Waals surface area contributed by atoms with Crippen LogP contribution in [0.1, 0.15) is 85.0 Å². The summed E-state index contributed by atoms with van der Waals surface area (Å²) in [5.41, 5.74) is 0. The van der Waals surface area contributed by atoms with E-state index < -0.39 is 6.04 Å². The molecule has 0 saturated carbocycles. The van der Waals surface area contributed by atoms with Gasteiger partial charge in [-0.2, -0.15) is 0 Å². The van der Waals surface area contributed by atoms with Crippen molar-refractivity contribution in [2.24, 2.45) is 0 Å². The van der Waals surface area contributed by atoms with Crippen LogP contribution in [0, 0.1) is 0 Å². The van der Waals surface area contributed by atoms with Gasteiger partial charge in [-0.15, -0.1) is 0 Å². The number of carbonyl (C=O) groups is 3. The Balaban J connectivity index is 3.79. The maximum absolute atomic E-state index is 12.1. The first-order valence-corrected chi connectivity index (χ1v) is 13.6. The third kappa shape index (κ3) is 24.3. The third-order valence-corrected chi connectivity index (χ3v) is 5.21. The maximum atomic E-state index is 12.1. The average Bonchev–Trinajstić information content (AvgIpc) is 2.88. The van der Waals surface area contributed by atoms with Crippen molar-refractivity contribution in [2.75, 3.05) is 6.54 Å². The molecule has 0 rings (SSSR count). The minimum absolute atomic E-state index is 0.0254.